The number of likely N-dealkylation sites (N-methyl/N-ethyl adjacent to an activating group) is 1. The molecule has 1 aliphatic heterocycles. The summed E-state index contributed by atoms with van der Waals surface area (Å²) >= 11 is 18.5. The molecule has 0 radical (unpaired) electrons. The second kappa shape index (κ2) is 10.4. The fourth-order valence-electron chi connectivity index (χ4n) is 3.57. The van der Waals surface area contributed by atoms with Crippen LogP contribution >= 0.6 is 35.4 Å². The maximum Gasteiger partial charge on any atom is 0.272 e. The number of fused-ring (bicyclic) bond motifs is 1. The topological polar surface area (TPSA) is 47.9 Å². The van der Waals surface area contributed by atoms with Gasteiger partial charge in [0.2, 0.25) is 6.17 Å². The number of hydrogen-bond donors (Lipinski definition) is 1. The number of amides is 1. The van der Waals surface area contributed by atoms with Gasteiger partial charge in [-0.25, -0.2) is 4.99 Å². The number of anilines is 1. The Hall–Kier alpha value is -2.15. The maximum atomic E-state index is 13.3. The normalized spacial score (nSPS) is 15.8. The second-order valence-corrected chi connectivity index (χ2v) is 8.59. The van der Waals surface area contributed by atoms with Crippen molar-refractivity contribution in [1.82, 2.24) is 10.2 Å². The maximum absolute atomic E-state index is 13.3. The first-order valence-electron chi connectivity index (χ1n) is 10.3. The summed E-state index contributed by atoms with van der Waals surface area (Å²) in [6, 6.07) is 12.8. The van der Waals surface area contributed by atoms with Crippen LogP contribution in [0.1, 0.15) is 37.8 Å². The van der Waals surface area contributed by atoms with Gasteiger partial charge in [-0.05, 0) is 49.3 Å². The lowest BCUT2D eigenvalue weighted by atomic mass is 10.00. The van der Waals surface area contributed by atoms with Crippen molar-refractivity contribution in [2.45, 2.75) is 32.9 Å². The van der Waals surface area contributed by atoms with Crippen LogP contribution in [0.4, 0.5) is 5.69 Å². The summed E-state index contributed by atoms with van der Waals surface area (Å²) in [5.74, 6) is -0.207. The molecule has 3 rings (SSSR count). The van der Waals surface area contributed by atoms with Gasteiger partial charge in [0, 0.05) is 41.3 Å². The molecule has 0 bridgehead atoms. The van der Waals surface area contributed by atoms with E-state index in [-0.39, 0.29) is 5.91 Å². The number of halogens is 2. The summed E-state index contributed by atoms with van der Waals surface area (Å²) in [6.45, 7) is 5.83. The van der Waals surface area contributed by atoms with Crippen molar-refractivity contribution >= 4 is 57.8 Å². The van der Waals surface area contributed by atoms with Crippen LogP contribution in [0.2, 0.25) is 10.0 Å². The van der Waals surface area contributed by atoms with Crippen LogP contribution < -0.4 is 10.2 Å². The van der Waals surface area contributed by atoms with E-state index in [4.69, 9.17) is 40.4 Å². The highest BCUT2D eigenvalue weighted by molar-refractivity contribution is 7.80. The van der Waals surface area contributed by atoms with Crippen LogP contribution in [0.5, 0.6) is 0 Å². The Morgan fingerprint density at radius 2 is 1.81 bits per heavy atom. The highest BCUT2D eigenvalue weighted by Gasteiger charge is 2.31. The predicted molar refractivity (Wildman–Crippen MR) is 134 cm³/mol. The van der Waals surface area contributed by atoms with Gasteiger partial charge in [0.05, 0.1) is 11.4 Å². The van der Waals surface area contributed by atoms with E-state index in [9.17, 15) is 4.79 Å². The number of rotatable bonds is 6. The number of benzene rings is 2. The van der Waals surface area contributed by atoms with Gasteiger partial charge < -0.3 is 15.1 Å². The van der Waals surface area contributed by atoms with E-state index in [2.05, 4.69) is 24.1 Å². The van der Waals surface area contributed by atoms with Crippen LogP contribution in [0.3, 0.4) is 0 Å². The first-order valence-corrected chi connectivity index (χ1v) is 11.5. The minimum Gasteiger partial charge on any atom is -0.349 e. The van der Waals surface area contributed by atoms with Crippen molar-refractivity contribution in [3.8, 4) is 0 Å². The number of thiocarbonyl (C=S) groups is 1. The summed E-state index contributed by atoms with van der Waals surface area (Å²) < 4.78 is 0. The molecule has 1 heterocycles. The lowest BCUT2D eigenvalue weighted by molar-refractivity contribution is -0.119. The molecule has 0 aromatic heterocycles. The molecule has 0 saturated carbocycles. The van der Waals surface area contributed by atoms with Gasteiger partial charge in [-0.3, -0.25) is 4.79 Å². The molecule has 0 spiro atoms. The second-order valence-electron chi connectivity index (χ2n) is 7.36. The van der Waals surface area contributed by atoms with Crippen LogP contribution in [-0.4, -0.2) is 47.9 Å². The van der Waals surface area contributed by atoms with Gasteiger partial charge in [-0.15, -0.1) is 0 Å². The highest BCUT2D eigenvalue weighted by Crippen LogP contribution is 2.31. The summed E-state index contributed by atoms with van der Waals surface area (Å²) in [4.78, 5) is 21.8. The van der Waals surface area contributed by atoms with Gasteiger partial charge in [-0.2, -0.15) is 0 Å². The molecule has 5 nitrogen and oxygen atoms in total. The molecule has 2 aromatic rings. The van der Waals surface area contributed by atoms with E-state index in [0.717, 1.165) is 37.1 Å². The number of carbonyl (C=O) groups is 1. The van der Waals surface area contributed by atoms with Crippen molar-refractivity contribution in [2.75, 3.05) is 25.0 Å². The van der Waals surface area contributed by atoms with Crippen molar-refractivity contribution < 1.29 is 4.79 Å². The van der Waals surface area contributed by atoms with Crippen molar-refractivity contribution in [3.63, 3.8) is 0 Å². The molecular weight excluding hydrogens is 451 g/mol. The molecule has 1 amide bonds. The third-order valence-corrected chi connectivity index (χ3v) is 6.00. The van der Waals surface area contributed by atoms with Gasteiger partial charge in [0.25, 0.3) is 5.91 Å². The summed E-state index contributed by atoms with van der Waals surface area (Å²) in [7, 11) is 1.73. The average molecular weight is 477 g/mol. The Morgan fingerprint density at radius 1 is 1.13 bits per heavy atom. The Morgan fingerprint density at radius 3 is 2.45 bits per heavy atom. The standard InChI is InChI=1S/C23H26Cl2N4OS/c1-4-12-29(13-5-2)23(31)27-21-22(30)28(3)19-11-10-15(24)14-17(19)20(26-21)16-8-6-7-9-18(16)25/h6-11,14,21H,4-5,12-13H2,1-3H3,(H,27,31). The molecule has 1 N–H and O–H groups in total. The van der Waals surface area contributed by atoms with Gasteiger partial charge in [0.15, 0.2) is 5.11 Å². The summed E-state index contributed by atoms with van der Waals surface area (Å²) in [6.07, 6.45) is 1.03. The predicted octanol–water partition coefficient (Wildman–Crippen LogP) is 5.13. The lowest BCUT2D eigenvalue weighted by Crippen LogP contribution is -2.50. The molecule has 0 aliphatic carbocycles. The quantitative estimate of drug-likeness (QED) is 0.586. The molecule has 164 valence electrons. The monoisotopic (exact) mass is 476 g/mol. The number of nitrogens with zero attached hydrogens (tertiary/aromatic N) is 3. The third kappa shape index (κ3) is 5.20. The molecule has 2 aromatic carbocycles. The first-order chi connectivity index (χ1) is 14.9. The van der Waals surface area contributed by atoms with Gasteiger partial charge in [-0.1, -0.05) is 55.2 Å². The van der Waals surface area contributed by atoms with Crippen LogP contribution in [0.15, 0.2) is 47.5 Å². The minimum absolute atomic E-state index is 0.207. The Kier molecular flexibility index (Phi) is 7.92. The molecule has 31 heavy (non-hydrogen) atoms. The van der Waals surface area contributed by atoms with E-state index in [1.165, 1.54) is 0 Å². The van der Waals surface area contributed by atoms with Crippen LogP contribution in [-0.2, 0) is 4.79 Å². The fraction of sp³-hybridized carbons (Fsp3) is 0.348. The largest absolute Gasteiger partial charge is 0.349 e. The zero-order valence-electron chi connectivity index (χ0n) is 17.9. The molecule has 0 fully saturated rings. The number of carbonyl (C=O) groups excluding carboxylic acids is 1. The number of nitrogens with one attached hydrogen (secondary N) is 1. The van der Waals surface area contributed by atoms with Crippen LogP contribution in [0.25, 0.3) is 0 Å². The Labute approximate surface area is 199 Å². The Bertz CT molecular complexity index is 1000. The van der Waals surface area contributed by atoms with E-state index >= 15 is 0 Å². The average Bonchev–Trinajstić information content (AvgIpc) is 2.84. The summed E-state index contributed by atoms with van der Waals surface area (Å²) in [5.41, 5.74) is 2.78. The van der Waals surface area contributed by atoms with E-state index < -0.39 is 6.17 Å². The fourth-order valence-corrected chi connectivity index (χ4v) is 4.26. The third-order valence-electron chi connectivity index (χ3n) is 5.06. The minimum atomic E-state index is -0.883. The van der Waals surface area contributed by atoms with Gasteiger partial charge in [0.1, 0.15) is 0 Å². The Balaban J connectivity index is 2.09. The van der Waals surface area contributed by atoms with E-state index in [1.54, 1.807) is 24.1 Å². The molecule has 1 atom stereocenters. The van der Waals surface area contributed by atoms with Crippen molar-refractivity contribution in [1.29, 1.82) is 0 Å². The van der Waals surface area contributed by atoms with E-state index in [0.29, 0.717) is 26.6 Å². The van der Waals surface area contributed by atoms with Crippen molar-refractivity contribution in [3.05, 3.63) is 63.6 Å². The smallest absolute Gasteiger partial charge is 0.272 e. The lowest BCUT2D eigenvalue weighted by Gasteiger charge is -2.28. The zero-order chi connectivity index (χ0) is 22.5. The van der Waals surface area contributed by atoms with E-state index in [1.807, 2.05) is 30.3 Å². The SMILES string of the molecule is CCCN(CCC)C(=S)NC1N=C(c2ccccc2Cl)c2cc(Cl)ccc2N(C)C1=O. The highest BCUT2D eigenvalue weighted by atomic mass is 35.5. The molecule has 1 unspecified atom stereocenters. The molecule has 1 aliphatic rings. The molecule has 0 saturated heterocycles. The number of aliphatic imine (C=N–C) groups is 1. The summed E-state index contributed by atoms with van der Waals surface area (Å²) in [5, 5.41) is 4.79. The first kappa shape index (κ1) is 23.5. The molecule has 8 heteroatoms. The molecular formula is C23H26Cl2N4OS. The zero-order valence-corrected chi connectivity index (χ0v) is 20.2. The van der Waals surface area contributed by atoms with Crippen LogP contribution in [0, 0.1) is 0 Å². The van der Waals surface area contributed by atoms with Gasteiger partial charge >= 0.3 is 0 Å². The van der Waals surface area contributed by atoms with Crippen molar-refractivity contribution in [2.24, 2.45) is 4.99 Å². The number of hydrogen-bond acceptors (Lipinski definition) is 3. The number of benzodiazepines with no additional fused rings is 1.